The molecule has 0 unspecified atom stereocenters. The molecule has 0 aliphatic carbocycles. The minimum absolute atomic E-state index is 0.0208. The van der Waals surface area contributed by atoms with Gasteiger partial charge in [0.25, 0.3) is 5.91 Å². The van der Waals surface area contributed by atoms with E-state index < -0.39 is 28.2 Å². The zero-order valence-corrected chi connectivity index (χ0v) is 16.1. The number of methoxy groups -OCH3 is 1. The number of hydrogen-bond donors (Lipinski definition) is 1. The van der Waals surface area contributed by atoms with Gasteiger partial charge in [0.05, 0.1) is 12.0 Å². The first-order chi connectivity index (χ1) is 14.3. The first kappa shape index (κ1) is 21.0. The average molecular weight is 435 g/mol. The van der Waals surface area contributed by atoms with Crippen LogP contribution in [-0.4, -0.2) is 17.9 Å². The van der Waals surface area contributed by atoms with Gasteiger partial charge in [-0.3, -0.25) is 14.9 Å². The molecule has 0 aliphatic heterocycles. The summed E-state index contributed by atoms with van der Waals surface area (Å²) in [4.78, 5) is 23.0. The number of hydrogen-bond acceptors (Lipinski definition) is 5. The second-order valence-corrected chi connectivity index (χ2v) is 6.32. The predicted octanol–water partition coefficient (Wildman–Crippen LogP) is 5.58. The lowest BCUT2D eigenvalue weighted by Gasteiger charge is -2.13. The van der Waals surface area contributed by atoms with Gasteiger partial charge < -0.3 is 14.8 Å². The number of nitro benzene ring substituents is 1. The van der Waals surface area contributed by atoms with Crippen LogP contribution in [0.3, 0.4) is 0 Å². The lowest BCUT2D eigenvalue weighted by atomic mass is 10.1. The second kappa shape index (κ2) is 8.75. The molecule has 0 atom stereocenters. The zero-order valence-electron chi connectivity index (χ0n) is 15.3. The average Bonchev–Trinajstić information content (AvgIpc) is 2.72. The van der Waals surface area contributed by atoms with Gasteiger partial charge in [0, 0.05) is 16.7 Å². The van der Waals surface area contributed by atoms with Crippen LogP contribution < -0.4 is 14.8 Å². The molecule has 3 rings (SSSR count). The summed E-state index contributed by atoms with van der Waals surface area (Å²) in [6.07, 6.45) is 0. The van der Waals surface area contributed by atoms with Crippen molar-refractivity contribution in [3.8, 4) is 17.2 Å². The Bertz CT molecular complexity index is 1120. The molecule has 0 spiro atoms. The van der Waals surface area contributed by atoms with Crippen LogP contribution in [0.1, 0.15) is 10.4 Å². The standard InChI is InChI=1S/C20H13ClF2N2O5/c1-29-18-9-11(20(26)24-19-13(22)3-2-4-14(19)23)5-7-17(18)30-16-8-6-12(21)10-15(16)25(27)28/h2-10H,1H3,(H,24,26). The van der Waals surface area contributed by atoms with Crippen LogP contribution in [0.5, 0.6) is 17.2 Å². The van der Waals surface area contributed by atoms with E-state index >= 15 is 0 Å². The highest BCUT2D eigenvalue weighted by Gasteiger charge is 2.20. The van der Waals surface area contributed by atoms with E-state index in [1.807, 2.05) is 0 Å². The molecule has 0 fully saturated rings. The summed E-state index contributed by atoms with van der Waals surface area (Å²) in [7, 11) is 1.30. The van der Waals surface area contributed by atoms with Gasteiger partial charge >= 0.3 is 5.69 Å². The number of nitrogens with one attached hydrogen (secondary N) is 1. The van der Waals surface area contributed by atoms with Gasteiger partial charge in [-0.2, -0.15) is 0 Å². The number of nitrogens with zero attached hydrogens (tertiary/aromatic N) is 1. The van der Waals surface area contributed by atoms with Crippen molar-refractivity contribution in [2.45, 2.75) is 0 Å². The van der Waals surface area contributed by atoms with Gasteiger partial charge in [-0.05, 0) is 42.5 Å². The summed E-state index contributed by atoms with van der Waals surface area (Å²) in [6, 6.07) is 11.0. The largest absolute Gasteiger partial charge is 0.493 e. The Labute approximate surface area is 174 Å². The number of para-hydroxylation sites is 1. The van der Waals surface area contributed by atoms with Crippen LogP contribution in [-0.2, 0) is 0 Å². The second-order valence-electron chi connectivity index (χ2n) is 5.89. The summed E-state index contributed by atoms with van der Waals surface area (Å²) in [5.41, 5.74) is -0.924. The Hall–Kier alpha value is -3.72. The quantitative estimate of drug-likeness (QED) is 0.404. The zero-order chi connectivity index (χ0) is 21.8. The van der Waals surface area contributed by atoms with Crippen LogP contribution >= 0.6 is 11.6 Å². The van der Waals surface area contributed by atoms with Crippen LogP contribution in [0.15, 0.2) is 54.6 Å². The number of ether oxygens (including phenoxy) is 2. The molecular formula is C20H13ClF2N2O5. The van der Waals surface area contributed by atoms with Crippen molar-refractivity contribution < 1.29 is 28.0 Å². The van der Waals surface area contributed by atoms with Gasteiger partial charge in [-0.1, -0.05) is 17.7 Å². The van der Waals surface area contributed by atoms with E-state index in [-0.39, 0.29) is 33.5 Å². The molecule has 0 saturated heterocycles. The fourth-order valence-corrected chi connectivity index (χ4v) is 2.70. The van der Waals surface area contributed by atoms with E-state index in [1.54, 1.807) is 0 Å². The maximum absolute atomic E-state index is 13.7. The number of anilines is 1. The summed E-state index contributed by atoms with van der Waals surface area (Å²) in [5, 5.41) is 13.5. The number of nitro groups is 1. The highest BCUT2D eigenvalue weighted by Crippen LogP contribution is 2.38. The molecule has 1 amide bonds. The maximum Gasteiger partial charge on any atom is 0.313 e. The van der Waals surface area contributed by atoms with Crippen molar-refractivity contribution in [2.75, 3.05) is 12.4 Å². The van der Waals surface area contributed by atoms with Crippen molar-refractivity contribution in [3.05, 3.63) is 86.9 Å². The number of carbonyl (C=O) groups is 1. The molecule has 0 aliphatic rings. The third-order valence-electron chi connectivity index (χ3n) is 3.96. The van der Waals surface area contributed by atoms with Gasteiger partial charge in [0.1, 0.15) is 17.3 Å². The van der Waals surface area contributed by atoms with Crippen LogP contribution in [0.25, 0.3) is 0 Å². The first-order valence-electron chi connectivity index (χ1n) is 8.35. The number of benzene rings is 3. The number of rotatable bonds is 6. The third kappa shape index (κ3) is 4.47. The Morgan fingerprint density at radius 2 is 1.70 bits per heavy atom. The molecule has 3 aromatic rings. The molecule has 154 valence electrons. The Balaban J connectivity index is 1.89. The fraction of sp³-hybridized carbons (Fsp3) is 0.0500. The number of halogens is 3. The summed E-state index contributed by atoms with van der Waals surface area (Å²) in [6.45, 7) is 0. The van der Waals surface area contributed by atoms with Crippen LogP contribution in [0, 0.1) is 21.7 Å². The predicted molar refractivity (Wildman–Crippen MR) is 105 cm³/mol. The molecule has 0 heterocycles. The van der Waals surface area contributed by atoms with Crippen molar-refractivity contribution >= 4 is 28.9 Å². The van der Waals surface area contributed by atoms with Crippen molar-refractivity contribution in [2.24, 2.45) is 0 Å². The highest BCUT2D eigenvalue weighted by atomic mass is 35.5. The normalized spacial score (nSPS) is 10.4. The molecule has 0 radical (unpaired) electrons. The van der Waals surface area contributed by atoms with Gasteiger partial charge in [-0.15, -0.1) is 0 Å². The van der Waals surface area contributed by atoms with Gasteiger partial charge in [0.15, 0.2) is 11.5 Å². The Morgan fingerprint density at radius 3 is 2.33 bits per heavy atom. The van der Waals surface area contributed by atoms with Crippen molar-refractivity contribution in [1.82, 2.24) is 0 Å². The van der Waals surface area contributed by atoms with Crippen molar-refractivity contribution in [3.63, 3.8) is 0 Å². The molecule has 30 heavy (non-hydrogen) atoms. The monoisotopic (exact) mass is 434 g/mol. The smallest absolute Gasteiger partial charge is 0.313 e. The maximum atomic E-state index is 13.7. The minimum atomic E-state index is -0.926. The number of carbonyl (C=O) groups excluding carboxylic acids is 1. The van der Waals surface area contributed by atoms with Crippen molar-refractivity contribution in [1.29, 1.82) is 0 Å². The molecule has 1 N–H and O–H groups in total. The highest BCUT2D eigenvalue weighted by molar-refractivity contribution is 6.30. The summed E-state index contributed by atoms with van der Waals surface area (Å²) < 4.78 is 38.2. The lowest BCUT2D eigenvalue weighted by molar-refractivity contribution is -0.385. The van der Waals surface area contributed by atoms with Crippen LogP contribution in [0.2, 0.25) is 5.02 Å². The Morgan fingerprint density at radius 1 is 1.03 bits per heavy atom. The van der Waals surface area contributed by atoms with Crippen LogP contribution in [0.4, 0.5) is 20.2 Å². The topological polar surface area (TPSA) is 90.7 Å². The van der Waals surface area contributed by atoms with Gasteiger partial charge in [0.2, 0.25) is 5.75 Å². The van der Waals surface area contributed by atoms with E-state index in [9.17, 15) is 23.7 Å². The van der Waals surface area contributed by atoms with E-state index in [0.29, 0.717) is 0 Å². The lowest BCUT2D eigenvalue weighted by Crippen LogP contribution is -2.14. The van der Waals surface area contributed by atoms with E-state index in [2.05, 4.69) is 5.32 Å². The fourth-order valence-electron chi connectivity index (χ4n) is 2.53. The molecule has 3 aromatic carbocycles. The molecular weight excluding hydrogens is 422 g/mol. The Kier molecular flexibility index (Phi) is 6.12. The minimum Gasteiger partial charge on any atom is -0.493 e. The third-order valence-corrected chi connectivity index (χ3v) is 4.20. The number of amides is 1. The SMILES string of the molecule is COc1cc(C(=O)Nc2c(F)cccc2F)ccc1Oc1ccc(Cl)cc1[N+](=O)[O-]. The summed E-state index contributed by atoms with van der Waals surface area (Å²) >= 11 is 5.78. The molecule has 10 heteroatoms. The van der Waals surface area contributed by atoms with E-state index in [0.717, 1.165) is 18.2 Å². The molecule has 0 bridgehead atoms. The first-order valence-corrected chi connectivity index (χ1v) is 8.73. The molecule has 7 nitrogen and oxygen atoms in total. The summed E-state index contributed by atoms with van der Waals surface area (Å²) in [5.74, 6) is -2.58. The molecule has 0 aromatic heterocycles. The van der Waals surface area contributed by atoms with Gasteiger partial charge in [-0.25, -0.2) is 8.78 Å². The molecule has 0 saturated carbocycles. The van der Waals surface area contributed by atoms with E-state index in [4.69, 9.17) is 21.1 Å². The van der Waals surface area contributed by atoms with E-state index in [1.165, 1.54) is 43.5 Å².